The van der Waals surface area contributed by atoms with Gasteiger partial charge in [0.25, 0.3) is 0 Å². The molecule has 0 unspecified atom stereocenters. The van der Waals surface area contributed by atoms with E-state index >= 15 is 0 Å². The summed E-state index contributed by atoms with van der Waals surface area (Å²) >= 11 is 1.27. The van der Waals surface area contributed by atoms with Gasteiger partial charge in [0, 0.05) is 12.8 Å². The van der Waals surface area contributed by atoms with Gasteiger partial charge in [-0.1, -0.05) is 11.3 Å². The molecule has 0 atom stereocenters. The van der Waals surface area contributed by atoms with E-state index in [1.165, 1.54) is 23.5 Å². The molecule has 2 heterocycles. The van der Waals surface area contributed by atoms with Gasteiger partial charge in [-0.05, 0) is 36.6 Å². The van der Waals surface area contributed by atoms with Gasteiger partial charge in [-0.3, -0.25) is 10.1 Å². The second-order valence-electron chi connectivity index (χ2n) is 4.83. The Hall–Kier alpha value is -2.32. The Bertz CT molecular complexity index is 830. The predicted octanol–water partition coefficient (Wildman–Crippen LogP) is 2.81. The van der Waals surface area contributed by atoms with Crippen molar-refractivity contribution in [1.82, 2.24) is 14.8 Å². The second-order valence-corrected chi connectivity index (χ2v) is 5.90. The van der Waals surface area contributed by atoms with Gasteiger partial charge in [0.2, 0.25) is 11.0 Å². The van der Waals surface area contributed by atoms with Crippen LogP contribution in [-0.4, -0.2) is 27.3 Å². The highest BCUT2D eigenvalue weighted by Crippen LogP contribution is 2.18. The van der Waals surface area contributed by atoms with Crippen molar-refractivity contribution in [2.24, 2.45) is 0 Å². The molecule has 0 spiro atoms. The number of hydrogen-bond acceptors (Lipinski definition) is 5. The van der Waals surface area contributed by atoms with Crippen LogP contribution in [0.15, 0.2) is 30.5 Å². The number of benzene rings is 1. The molecule has 6 nitrogen and oxygen atoms in total. The maximum atomic E-state index is 13.3. The summed E-state index contributed by atoms with van der Waals surface area (Å²) in [4.78, 5) is 12.1. The Labute approximate surface area is 135 Å². The van der Waals surface area contributed by atoms with E-state index in [2.05, 4.69) is 15.5 Å². The summed E-state index contributed by atoms with van der Waals surface area (Å²) in [6.45, 7) is 2.95. The number of nitrogens with one attached hydrogen (secondary N) is 1. The van der Waals surface area contributed by atoms with Crippen molar-refractivity contribution in [2.75, 3.05) is 11.9 Å². The maximum Gasteiger partial charge on any atom is 0.246 e. The molecule has 1 amide bonds. The molecular formula is C15H15FN4O2S. The van der Waals surface area contributed by atoms with E-state index in [-0.39, 0.29) is 18.3 Å². The van der Waals surface area contributed by atoms with Gasteiger partial charge in [-0.15, -0.1) is 10.2 Å². The summed E-state index contributed by atoms with van der Waals surface area (Å²) in [5.74, 6) is -0.576. The van der Waals surface area contributed by atoms with Gasteiger partial charge in [0.1, 0.15) is 24.0 Å². The molecule has 3 aromatic rings. The minimum Gasteiger partial charge on any atom is -0.374 e. The number of hydrogen-bond donors (Lipinski definition) is 1. The zero-order valence-electron chi connectivity index (χ0n) is 12.5. The SMILES string of the molecule is CCOCc1nnc(NC(=O)Cn2ccc3ccc(F)cc32)s1. The average Bonchev–Trinajstić information content (AvgIpc) is 3.12. The number of aromatic nitrogens is 3. The van der Waals surface area contributed by atoms with Crippen LogP contribution >= 0.6 is 11.3 Å². The van der Waals surface area contributed by atoms with Crippen LogP contribution in [0.1, 0.15) is 11.9 Å². The molecule has 0 saturated carbocycles. The van der Waals surface area contributed by atoms with E-state index in [0.717, 1.165) is 5.39 Å². The Kier molecular flexibility index (Phi) is 4.63. The van der Waals surface area contributed by atoms with Gasteiger partial charge in [-0.25, -0.2) is 4.39 Å². The lowest BCUT2D eigenvalue weighted by Crippen LogP contribution is -2.18. The molecule has 0 fully saturated rings. The number of halogens is 1. The van der Waals surface area contributed by atoms with Crippen LogP contribution < -0.4 is 5.32 Å². The van der Waals surface area contributed by atoms with Crippen molar-refractivity contribution in [1.29, 1.82) is 0 Å². The Balaban J connectivity index is 1.66. The number of carbonyl (C=O) groups is 1. The third-order valence-electron chi connectivity index (χ3n) is 3.19. The van der Waals surface area contributed by atoms with Crippen molar-refractivity contribution in [2.45, 2.75) is 20.1 Å². The number of fused-ring (bicyclic) bond motifs is 1. The Morgan fingerprint density at radius 1 is 1.39 bits per heavy atom. The fourth-order valence-corrected chi connectivity index (χ4v) is 2.85. The van der Waals surface area contributed by atoms with Crippen molar-refractivity contribution < 1.29 is 13.9 Å². The van der Waals surface area contributed by atoms with Crippen LogP contribution in [0.5, 0.6) is 0 Å². The minimum absolute atomic E-state index is 0.0767. The zero-order valence-corrected chi connectivity index (χ0v) is 13.3. The third-order valence-corrected chi connectivity index (χ3v) is 4.00. The smallest absolute Gasteiger partial charge is 0.246 e. The van der Waals surface area contributed by atoms with E-state index < -0.39 is 0 Å². The molecule has 1 aromatic carbocycles. The largest absolute Gasteiger partial charge is 0.374 e. The van der Waals surface area contributed by atoms with E-state index in [9.17, 15) is 9.18 Å². The van der Waals surface area contributed by atoms with Gasteiger partial charge in [-0.2, -0.15) is 0 Å². The monoisotopic (exact) mass is 334 g/mol. The fourth-order valence-electron chi connectivity index (χ4n) is 2.16. The predicted molar refractivity (Wildman–Crippen MR) is 85.8 cm³/mol. The molecule has 0 saturated heterocycles. The molecule has 8 heteroatoms. The first-order valence-corrected chi connectivity index (χ1v) is 7.91. The molecule has 0 bridgehead atoms. The first-order chi connectivity index (χ1) is 11.2. The fraction of sp³-hybridized carbons (Fsp3) is 0.267. The Morgan fingerprint density at radius 3 is 3.09 bits per heavy atom. The number of nitrogens with zero attached hydrogens (tertiary/aromatic N) is 3. The van der Waals surface area contributed by atoms with Crippen molar-refractivity contribution in [3.63, 3.8) is 0 Å². The minimum atomic E-state index is -0.331. The number of amides is 1. The highest BCUT2D eigenvalue weighted by molar-refractivity contribution is 7.15. The van der Waals surface area contributed by atoms with Crippen LogP contribution in [0.25, 0.3) is 10.9 Å². The Morgan fingerprint density at radius 2 is 2.26 bits per heavy atom. The van der Waals surface area contributed by atoms with Crippen LogP contribution in [0, 0.1) is 5.82 Å². The zero-order chi connectivity index (χ0) is 16.2. The van der Waals surface area contributed by atoms with Crippen molar-refractivity contribution in [3.8, 4) is 0 Å². The number of rotatable bonds is 6. The molecular weight excluding hydrogens is 319 g/mol. The topological polar surface area (TPSA) is 69.0 Å². The van der Waals surface area contributed by atoms with Crippen LogP contribution in [-0.2, 0) is 22.7 Å². The van der Waals surface area contributed by atoms with Gasteiger partial charge in [0.15, 0.2) is 0 Å². The van der Waals surface area contributed by atoms with Gasteiger partial charge in [0.05, 0.1) is 5.52 Å². The normalized spacial score (nSPS) is 11.0. The van der Waals surface area contributed by atoms with E-state index in [1.54, 1.807) is 16.8 Å². The quantitative estimate of drug-likeness (QED) is 0.752. The highest BCUT2D eigenvalue weighted by Gasteiger charge is 2.10. The lowest BCUT2D eigenvalue weighted by molar-refractivity contribution is -0.116. The van der Waals surface area contributed by atoms with E-state index in [4.69, 9.17) is 4.74 Å². The molecule has 2 aromatic heterocycles. The maximum absolute atomic E-state index is 13.3. The molecule has 0 radical (unpaired) electrons. The highest BCUT2D eigenvalue weighted by atomic mass is 32.1. The summed E-state index contributed by atoms with van der Waals surface area (Å²) in [6.07, 6.45) is 1.75. The van der Waals surface area contributed by atoms with Gasteiger partial charge >= 0.3 is 0 Å². The second kappa shape index (κ2) is 6.84. The first-order valence-electron chi connectivity index (χ1n) is 7.10. The molecule has 0 aliphatic carbocycles. The lowest BCUT2D eigenvalue weighted by atomic mass is 10.2. The van der Waals surface area contributed by atoms with Crippen LogP contribution in [0.4, 0.5) is 9.52 Å². The summed E-state index contributed by atoms with van der Waals surface area (Å²) in [5, 5.41) is 12.5. The average molecular weight is 334 g/mol. The summed E-state index contributed by atoms with van der Waals surface area (Å²) in [6, 6.07) is 6.33. The summed E-state index contributed by atoms with van der Waals surface area (Å²) in [5.41, 5.74) is 0.675. The molecule has 120 valence electrons. The standard InChI is InChI=1S/C15H15FN4O2S/c1-2-22-9-14-18-19-15(23-14)17-13(21)8-20-6-5-10-3-4-11(16)7-12(10)20/h3-7H,2,8-9H2,1H3,(H,17,19,21). The third kappa shape index (κ3) is 3.72. The first kappa shape index (κ1) is 15.6. The lowest BCUT2D eigenvalue weighted by Gasteiger charge is -2.05. The van der Waals surface area contributed by atoms with E-state index in [1.807, 2.05) is 13.0 Å². The molecule has 0 aliphatic heterocycles. The van der Waals surface area contributed by atoms with Crippen LogP contribution in [0.3, 0.4) is 0 Å². The summed E-state index contributed by atoms with van der Waals surface area (Å²) < 4.78 is 20.3. The molecule has 3 rings (SSSR count). The van der Waals surface area contributed by atoms with E-state index in [0.29, 0.717) is 28.9 Å². The van der Waals surface area contributed by atoms with Gasteiger partial charge < -0.3 is 9.30 Å². The molecule has 1 N–H and O–H groups in total. The number of anilines is 1. The summed E-state index contributed by atoms with van der Waals surface area (Å²) in [7, 11) is 0. The molecule has 0 aliphatic rings. The number of carbonyl (C=O) groups excluding carboxylic acids is 1. The molecule has 23 heavy (non-hydrogen) atoms. The van der Waals surface area contributed by atoms with Crippen molar-refractivity contribution >= 4 is 33.3 Å². The number of ether oxygens (including phenoxy) is 1. The van der Waals surface area contributed by atoms with Crippen LogP contribution in [0.2, 0.25) is 0 Å². The van der Waals surface area contributed by atoms with Crippen molar-refractivity contribution in [3.05, 3.63) is 41.3 Å².